The lowest BCUT2D eigenvalue weighted by atomic mass is 10.1. The smallest absolute Gasteiger partial charge is 0.484 e. The van der Waals surface area contributed by atoms with E-state index in [1.54, 1.807) is 12.1 Å². The highest BCUT2D eigenvalue weighted by Gasteiger charge is 2.44. The molecular formula is C18H18BrF5N2O5. The van der Waals surface area contributed by atoms with Crippen molar-refractivity contribution in [2.45, 2.75) is 37.1 Å². The second kappa shape index (κ2) is 10.4. The van der Waals surface area contributed by atoms with E-state index < -0.39 is 30.7 Å². The maximum absolute atomic E-state index is 14.1. The van der Waals surface area contributed by atoms with Gasteiger partial charge in [0.25, 0.3) is 5.92 Å². The Morgan fingerprint density at radius 3 is 2.52 bits per heavy atom. The zero-order valence-corrected chi connectivity index (χ0v) is 17.4. The predicted molar refractivity (Wildman–Crippen MR) is 99.2 cm³/mol. The van der Waals surface area contributed by atoms with E-state index in [0.717, 1.165) is 0 Å². The van der Waals surface area contributed by atoms with Gasteiger partial charge in [0, 0.05) is 17.3 Å². The molecule has 2 fully saturated rings. The van der Waals surface area contributed by atoms with Crippen molar-refractivity contribution in [2.24, 2.45) is 0 Å². The Morgan fingerprint density at radius 2 is 2.00 bits per heavy atom. The molecule has 7 nitrogen and oxygen atoms in total. The Bertz CT molecular complexity index is 825. The summed E-state index contributed by atoms with van der Waals surface area (Å²) < 4.78 is 77.1. The number of alkyl halides is 5. The van der Waals surface area contributed by atoms with Gasteiger partial charge < -0.3 is 24.6 Å². The molecule has 0 bridgehead atoms. The predicted octanol–water partition coefficient (Wildman–Crippen LogP) is 3.50. The first kappa shape index (κ1) is 25.1. The van der Waals surface area contributed by atoms with E-state index >= 15 is 0 Å². The Labute approximate surface area is 182 Å². The molecule has 13 heteroatoms. The van der Waals surface area contributed by atoms with E-state index in [-0.39, 0.29) is 23.8 Å². The maximum atomic E-state index is 14.1. The summed E-state index contributed by atoms with van der Waals surface area (Å²) >= 11 is 3.26. The molecule has 0 spiro atoms. The number of piperidine rings is 1. The Balaban J connectivity index is 0.000000423. The monoisotopic (exact) mass is 516 g/mol. The second-order valence-electron chi connectivity index (χ2n) is 6.60. The van der Waals surface area contributed by atoms with Gasteiger partial charge in [0.15, 0.2) is 17.6 Å². The third kappa shape index (κ3) is 6.91. The number of ether oxygens (including phenoxy) is 3. The third-order valence-electron chi connectivity index (χ3n) is 4.28. The molecule has 0 saturated carbocycles. The Morgan fingerprint density at radius 1 is 1.32 bits per heavy atom. The molecule has 2 atom stereocenters. The number of nitrogens with one attached hydrogen (secondary N) is 1. The van der Waals surface area contributed by atoms with Gasteiger partial charge in [-0.05, 0) is 34.6 Å². The number of rotatable bonds is 4. The van der Waals surface area contributed by atoms with Gasteiger partial charge in [-0.2, -0.15) is 18.4 Å². The van der Waals surface area contributed by atoms with E-state index in [1.807, 2.05) is 6.07 Å². The minimum absolute atomic E-state index is 0.0605. The van der Waals surface area contributed by atoms with Crippen molar-refractivity contribution in [2.75, 3.05) is 26.3 Å². The van der Waals surface area contributed by atoms with E-state index in [1.165, 1.54) is 0 Å². The molecule has 2 heterocycles. The number of aliphatic carboxylic acids is 1. The highest BCUT2D eigenvalue weighted by atomic mass is 79.9. The summed E-state index contributed by atoms with van der Waals surface area (Å²) in [4.78, 5) is 8.90. The summed E-state index contributed by atoms with van der Waals surface area (Å²) in [7, 11) is 0. The lowest BCUT2D eigenvalue weighted by Gasteiger charge is -2.32. The zero-order chi connectivity index (χ0) is 23.2. The van der Waals surface area contributed by atoms with Crippen LogP contribution in [0.25, 0.3) is 0 Å². The Kier molecular flexibility index (Phi) is 8.44. The molecule has 2 saturated heterocycles. The van der Waals surface area contributed by atoms with Crippen molar-refractivity contribution in [3.8, 4) is 17.6 Å². The molecule has 0 radical (unpaired) electrons. The summed E-state index contributed by atoms with van der Waals surface area (Å²) in [6.07, 6.45) is -5.70. The van der Waals surface area contributed by atoms with Crippen LogP contribution in [0.2, 0.25) is 0 Å². The maximum Gasteiger partial charge on any atom is 0.490 e. The number of benzene rings is 1. The van der Waals surface area contributed by atoms with Crippen LogP contribution < -0.4 is 14.8 Å². The molecule has 0 aromatic heterocycles. The van der Waals surface area contributed by atoms with Crippen LogP contribution in [0.3, 0.4) is 0 Å². The van der Waals surface area contributed by atoms with Crippen molar-refractivity contribution >= 4 is 21.9 Å². The molecule has 2 aliphatic rings. The number of nitriles is 1. The summed E-state index contributed by atoms with van der Waals surface area (Å²) in [6, 6.07) is 5.28. The van der Waals surface area contributed by atoms with Crippen LogP contribution in [-0.4, -0.2) is 61.7 Å². The number of halogens is 6. The normalized spacial score (nSPS) is 22.6. The van der Waals surface area contributed by atoms with Crippen molar-refractivity contribution < 1.29 is 46.1 Å². The minimum Gasteiger partial charge on any atom is -0.484 e. The lowest BCUT2D eigenvalue weighted by molar-refractivity contribution is -0.192. The number of carboxylic acids is 1. The molecule has 0 amide bonds. The third-order valence-corrected chi connectivity index (χ3v) is 4.94. The van der Waals surface area contributed by atoms with Gasteiger partial charge in [-0.1, -0.05) is 0 Å². The number of carbonyl (C=O) groups is 1. The van der Waals surface area contributed by atoms with Crippen LogP contribution >= 0.6 is 15.9 Å². The number of nitrogens with zero attached hydrogens (tertiary/aromatic N) is 1. The average Bonchev–Trinajstić information content (AvgIpc) is 3.18. The molecule has 2 N–H and O–H groups in total. The van der Waals surface area contributed by atoms with Gasteiger partial charge in [0.2, 0.25) is 0 Å². The van der Waals surface area contributed by atoms with Gasteiger partial charge >= 0.3 is 12.1 Å². The average molecular weight is 517 g/mol. The number of hydrogen-bond acceptors (Lipinski definition) is 6. The number of hydrogen-bond donors (Lipinski definition) is 2. The SMILES string of the molecule is N#Cc1c(Br)ccc(O[C@H]2CCOC2)c1OC1CCNCC1(F)F.O=C(O)C(F)(F)F. The van der Waals surface area contributed by atoms with E-state index in [0.29, 0.717) is 36.4 Å². The van der Waals surface area contributed by atoms with Crippen molar-refractivity contribution in [1.82, 2.24) is 5.32 Å². The van der Waals surface area contributed by atoms with Crippen molar-refractivity contribution in [1.29, 1.82) is 5.26 Å². The summed E-state index contributed by atoms with van der Waals surface area (Å²) in [6.45, 7) is 1.01. The van der Waals surface area contributed by atoms with Crippen molar-refractivity contribution in [3.05, 3.63) is 22.2 Å². The first-order chi connectivity index (χ1) is 14.5. The van der Waals surface area contributed by atoms with Crippen LogP contribution in [0.1, 0.15) is 18.4 Å². The highest BCUT2D eigenvalue weighted by molar-refractivity contribution is 9.10. The first-order valence-corrected chi connectivity index (χ1v) is 9.77. The van der Waals surface area contributed by atoms with Gasteiger partial charge in [-0.15, -0.1) is 0 Å². The minimum atomic E-state index is -5.08. The molecule has 0 aliphatic carbocycles. The van der Waals surface area contributed by atoms with Gasteiger partial charge in [0.05, 0.1) is 19.8 Å². The van der Waals surface area contributed by atoms with Crippen LogP contribution in [0.15, 0.2) is 16.6 Å². The molecule has 1 unspecified atom stereocenters. The van der Waals surface area contributed by atoms with Crippen molar-refractivity contribution in [3.63, 3.8) is 0 Å². The molecule has 31 heavy (non-hydrogen) atoms. The molecular weight excluding hydrogens is 499 g/mol. The fourth-order valence-electron chi connectivity index (χ4n) is 2.74. The lowest BCUT2D eigenvalue weighted by Crippen LogP contribution is -2.52. The fraction of sp³-hybridized carbons (Fsp3) is 0.556. The molecule has 172 valence electrons. The zero-order valence-electron chi connectivity index (χ0n) is 15.8. The highest BCUT2D eigenvalue weighted by Crippen LogP contribution is 2.40. The largest absolute Gasteiger partial charge is 0.490 e. The topological polar surface area (TPSA) is 101 Å². The van der Waals surface area contributed by atoms with E-state index in [4.69, 9.17) is 24.1 Å². The second-order valence-corrected chi connectivity index (χ2v) is 7.46. The van der Waals surface area contributed by atoms with Gasteiger partial charge in [-0.25, -0.2) is 13.6 Å². The van der Waals surface area contributed by atoms with Gasteiger partial charge in [-0.3, -0.25) is 0 Å². The molecule has 1 aromatic carbocycles. The molecule has 1 aromatic rings. The summed E-state index contributed by atoms with van der Waals surface area (Å²) in [5.41, 5.74) is 0.153. The van der Waals surface area contributed by atoms with Crippen LogP contribution in [0.4, 0.5) is 22.0 Å². The first-order valence-electron chi connectivity index (χ1n) is 8.98. The summed E-state index contributed by atoms with van der Waals surface area (Å²) in [5.74, 6) is -5.42. The number of carboxylic acid groups (broad SMARTS) is 1. The fourth-order valence-corrected chi connectivity index (χ4v) is 3.14. The van der Waals surface area contributed by atoms with Gasteiger partial charge in [0.1, 0.15) is 17.7 Å². The quantitative estimate of drug-likeness (QED) is 0.590. The molecule has 2 aliphatic heterocycles. The Hall–Kier alpha value is -2.17. The van der Waals surface area contributed by atoms with E-state index in [2.05, 4.69) is 21.2 Å². The van der Waals surface area contributed by atoms with Crippen LogP contribution in [0.5, 0.6) is 11.5 Å². The van der Waals surface area contributed by atoms with E-state index in [9.17, 15) is 27.2 Å². The van der Waals surface area contributed by atoms with Crippen LogP contribution in [-0.2, 0) is 9.53 Å². The standard InChI is InChI=1S/C16H17BrF2N2O3.C2HF3O2/c17-12-1-2-13(23-10-4-6-22-8-10)15(11(12)7-20)24-14-3-5-21-9-16(14,18)19;3-2(4,5)1(6)7/h1-2,10,14,21H,3-6,8-9H2;(H,6,7)/t10-,14?;/m0./s1. The van der Waals surface area contributed by atoms with Crippen LogP contribution in [0, 0.1) is 11.3 Å². The molecule has 3 rings (SSSR count). The summed E-state index contributed by atoms with van der Waals surface area (Å²) in [5, 5.41) is 19.2.